The Morgan fingerprint density at radius 1 is 1.21 bits per heavy atom. The molecule has 5 rings (SSSR count). The van der Waals surface area contributed by atoms with Crippen LogP contribution in [0.4, 0.5) is 4.39 Å². The van der Waals surface area contributed by atoms with Crippen molar-refractivity contribution in [3.8, 4) is 0 Å². The van der Waals surface area contributed by atoms with E-state index in [4.69, 9.17) is 17.3 Å². The van der Waals surface area contributed by atoms with Gasteiger partial charge in [0.1, 0.15) is 18.4 Å². The summed E-state index contributed by atoms with van der Waals surface area (Å²) in [6.07, 6.45) is 2.26. The molecule has 1 aromatic heterocycles. The van der Waals surface area contributed by atoms with Gasteiger partial charge in [-0.2, -0.15) is 5.10 Å². The van der Waals surface area contributed by atoms with Crippen LogP contribution in [-0.2, 0) is 27.4 Å². The number of esters is 1. The van der Waals surface area contributed by atoms with E-state index in [2.05, 4.69) is 15.2 Å². The van der Waals surface area contributed by atoms with E-state index in [1.54, 1.807) is 29.2 Å². The SMILES string of the molecule is COC(=O)c1cc(Cl)c(F)c(CNC(=O)[C@@H]2[C@H]3CC[C@H](C3)N2C(=O)Cn2nc(C(N)=O)c3ccccc32)c1. The Morgan fingerprint density at radius 3 is 2.71 bits per heavy atom. The number of para-hydroxylation sites is 1. The Labute approximate surface area is 221 Å². The van der Waals surface area contributed by atoms with E-state index in [1.807, 2.05) is 0 Å². The zero-order valence-corrected chi connectivity index (χ0v) is 21.2. The summed E-state index contributed by atoms with van der Waals surface area (Å²) in [6, 6.07) is 8.56. The van der Waals surface area contributed by atoms with Crippen molar-refractivity contribution >= 4 is 46.2 Å². The predicted molar refractivity (Wildman–Crippen MR) is 135 cm³/mol. The number of rotatable bonds is 7. The highest BCUT2D eigenvalue weighted by Crippen LogP contribution is 2.42. The normalized spacial score (nSPS) is 20.1. The number of likely N-dealkylation sites (tertiary alicyclic amines) is 1. The van der Waals surface area contributed by atoms with Crippen LogP contribution in [0.5, 0.6) is 0 Å². The molecule has 10 nitrogen and oxygen atoms in total. The minimum absolute atomic E-state index is 0.0225. The number of ether oxygens (including phenoxy) is 1. The van der Waals surface area contributed by atoms with Crippen molar-refractivity contribution in [2.75, 3.05) is 7.11 Å². The molecular formula is C26H25ClFN5O5. The number of nitrogens with zero attached hydrogens (tertiary/aromatic N) is 3. The van der Waals surface area contributed by atoms with Crippen molar-refractivity contribution in [3.63, 3.8) is 0 Å². The molecule has 2 fully saturated rings. The maximum absolute atomic E-state index is 14.6. The Morgan fingerprint density at radius 2 is 1.97 bits per heavy atom. The number of hydrogen-bond acceptors (Lipinski definition) is 6. The summed E-state index contributed by atoms with van der Waals surface area (Å²) in [6.45, 7) is -0.400. The Balaban J connectivity index is 1.35. The number of hydrogen-bond donors (Lipinski definition) is 2. The number of fused-ring (bicyclic) bond motifs is 3. The summed E-state index contributed by atoms with van der Waals surface area (Å²) in [5, 5.41) is 7.24. The number of amides is 3. The zero-order chi connectivity index (χ0) is 27.1. The summed E-state index contributed by atoms with van der Waals surface area (Å²) in [5.41, 5.74) is 6.20. The van der Waals surface area contributed by atoms with Crippen LogP contribution in [0.1, 0.15) is 45.7 Å². The third-order valence-corrected chi connectivity index (χ3v) is 7.57. The summed E-state index contributed by atoms with van der Waals surface area (Å²) in [4.78, 5) is 52.2. The van der Waals surface area contributed by atoms with Gasteiger partial charge in [0, 0.05) is 23.5 Å². The lowest BCUT2D eigenvalue weighted by Gasteiger charge is -2.34. The van der Waals surface area contributed by atoms with Gasteiger partial charge in [-0.25, -0.2) is 9.18 Å². The van der Waals surface area contributed by atoms with Crippen LogP contribution in [0.15, 0.2) is 36.4 Å². The number of carbonyl (C=O) groups is 4. The highest BCUT2D eigenvalue weighted by molar-refractivity contribution is 6.31. The fourth-order valence-corrected chi connectivity index (χ4v) is 5.86. The molecule has 2 bridgehead atoms. The zero-order valence-electron chi connectivity index (χ0n) is 20.4. The smallest absolute Gasteiger partial charge is 0.337 e. The highest BCUT2D eigenvalue weighted by Gasteiger charge is 2.51. The van der Waals surface area contributed by atoms with Crippen LogP contribution in [-0.4, -0.2) is 57.6 Å². The van der Waals surface area contributed by atoms with Gasteiger partial charge in [0.15, 0.2) is 5.69 Å². The van der Waals surface area contributed by atoms with Crippen molar-refractivity contribution in [1.29, 1.82) is 0 Å². The Kier molecular flexibility index (Phi) is 6.78. The molecule has 0 spiro atoms. The van der Waals surface area contributed by atoms with E-state index in [0.29, 0.717) is 17.3 Å². The van der Waals surface area contributed by atoms with Crippen LogP contribution in [0.25, 0.3) is 10.9 Å². The summed E-state index contributed by atoms with van der Waals surface area (Å²) in [5.74, 6) is -2.91. The number of piperidine rings is 1. The van der Waals surface area contributed by atoms with E-state index >= 15 is 0 Å². The maximum Gasteiger partial charge on any atom is 0.337 e. The van der Waals surface area contributed by atoms with Crippen LogP contribution in [0.2, 0.25) is 5.02 Å². The molecule has 3 atom stereocenters. The number of primary amides is 1. The molecule has 12 heteroatoms. The molecule has 3 aromatic rings. The largest absolute Gasteiger partial charge is 0.465 e. The third-order valence-electron chi connectivity index (χ3n) is 7.30. The number of halogens is 2. The topological polar surface area (TPSA) is 137 Å². The number of aromatic nitrogens is 2. The van der Waals surface area contributed by atoms with Gasteiger partial charge >= 0.3 is 5.97 Å². The fraction of sp³-hybridized carbons (Fsp3) is 0.346. The van der Waals surface area contributed by atoms with Gasteiger partial charge < -0.3 is 20.7 Å². The van der Waals surface area contributed by atoms with Crippen molar-refractivity contribution in [3.05, 3.63) is 64.1 Å². The lowest BCUT2D eigenvalue weighted by molar-refractivity contribution is -0.143. The molecule has 38 heavy (non-hydrogen) atoms. The maximum atomic E-state index is 14.6. The Hall–Kier alpha value is -3.99. The number of nitrogens with two attached hydrogens (primary N) is 1. The molecule has 2 aliphatic rings. The summed E-state index contributed by atoms with van der Waals surface area (Å²) >= 11 is 5.93. The molecule has 3 N–H and O–H groups in total. The van der Waals surface area contributed by atoms with Crippen LogP contribution in [0.3, 0.4) is 0 Å². The van der Waals surface area contributed by atoms with E-state index in [9.17, 15) is 23.6 Å². The fourth-order valence-electron chi connectivity index (χ4n) is 5.62. The van der Waals surface area contributed by atoms with E-state index in [-0.39, 0.29) is 52.8 Å². The lowest BCUT2D eigenvalue weighted by Crippen LogP contribution is -2.53. The molecule has 1 aliphatic carbocycles. The number of benzene rings is 2. The van der Waals surface area contributed by atoms with Gasteiger partial charge in [-0.3, -0.25) is 19.1 Å². The summed E-state index contributed by atoms with van der Waals surface area (Å²) in [7, 11) is 1.20. The van der Waals surface area contributed by atoms with Crippen molar-refractivity contribution in [1.82, 2.24) is 20.0 Å². The minimum atomic E-state index is -0.753. The van der Waals surface area contributed by atoms with E-state index in [0.717, 1.165) is 18.9 Å². The highest BCUT2D eigenvalue weighted by atomic mass is 35.5. The second kappa shape index (κ2) is 10.1. The van der Waals surface area contributed by atoms with Gasteiger partial charge in [0.05, 0.1) is 23.2 Å². The van der Waals surface area contributed by atoms with Gasteiger partial charge in [0.2, 0.25) is 11.8 Å². The van der Waals surface area contributed by atoms with Gasteiger partial charge in [-0.15, -0.1) is 0 Å². The molecule has 198 valence electrons. The molecule has 2 aromatic carbocycles. The van der Waals surface area contributed by atoms with E-state index < -0.39 is 29.6 Å². The van der Waals surface area contributed by atoms with Gasteiger partial charge in [-0.05, 0) is 43.4 Å². The van der Waals surface area contributed by atoms with Gasteiger partial charge in [-0.1, -0.05) is 29.8 Å². The molecule has 3 amide bonds. The van der Waals surface area contributed by atoms with E-state index in [1.165, 1.54) is 17.9 Å². The quantitative estimate of drug-likeness (QED) is 0.441. The average Bonchev–Trinajstić information content (AvgIpc) is 3.62. The van der Waals surface area contributed by atoms with Crippen LogP contribution < -0.4 is 11.1 Å². The molecular weight excluding hydrogens is 517 g/mol. The minimum Gasteiger partial charge on any atom is -0.465 e. The first kappa shape index (κ1) is 25.7. The standard InChI is InChI=1S/C26H25ClFN5O5/c1-38-26(37)14-8-15(21(28)18(27)10-14)11-30-25(36)23-13-6-7-16(9-13)33(23)20(34)12-32-19-5-3-2-4-17(19)22(31-32)24(29)35/h2-5,8,10,13,16,23H,6-7,9,11-12H2,1H3,(H2,29,35)(H,30,36)/t13-,16+,23-/m0/s1. The Bertz CT molecular complexity index is 1470. The van der Waals surface area contributed by atoms with Crippen LogP contribution >= 0.6 is 11.6 Å². The van der Waals surface area contributed by atoms with Crippen molar-refractivity contribution < 1.29 is 28.3 Å². The summed E-state index contributed by atoms with van der Waals surface area (Å²) < 4.78 is 20.7. The molecule has 1 saturated carbocycles. The first-order valence-electron chi connectivity index (χ1n) is 12.1. The van der Waals surface area contributed by atoms with Crippen molar-refractivity contribution in [2.45, 2.75) is 44.4 Å². The monoisotopic (exact) mass is 541 g/mol. The predicted octanol–water partition coefficient (Wildman–Crippen LogP) is 2.41. The molecule has 2 heterocycles. The second-order valence-corrected chi connectivity index (χ2v) is 9.91. The van der Waals surface area contributed by atoms with Crippen molar-refractivity contribution in [2.24, 2.45) is 11.7 Å². The number of nitrogens with one attached hydrogen (secondary N) is 1. The molecule has 0 radical (unpaired) electrons. The number of methoxy groups -OCH3 is 1. The first-order valence-corrected chi connectivity index (χ1v) is 12.5. The number of carbonyl (C=O) groups excluding carboxylic acids is 4. The lowest BCUT2D eigenvalue weighted by atomic mass is 9.97. The van der Waals surface area contributed by atoms with Gasteiger partial charge in [0.25, 0.3) is 5.91 Å². The molecule has 0 unspecified atom stereocenters. The third kappa shape index (κ3) is 4.47. The average molecular weight is 542 g/mol. The second-order valence-electron chi connectivity index (χ2n) is 9.50. The molecule has 1 aliphatic heterocycles. The van der Waals surface area contributed by atoms with Crippen LogP contribution in [0, 0.1) is 11.7 Å². The molecule has 1 saturated heterocycles. The first-order chi connectivity index (χ1) is 18.2.